The van der Waals surface area contributed by atoms with Crippen LogP contribution in [0, 0.1) is 6.92 Å². The van der Waals surface area contributed by atoms with Gasteiger partial charge in [-0.3, -0.25) is 4.79 Å². The van der Waals surface area contributed by atoms with Crippen LogP contribution in [-0.2, 0) is 11.3 Å². The van der Waals surface area contributed by atoms with Crippen LogP contribution in [0.2, 0.25) is 0 Å². The van der Waals surface area contributed by atoms with Crippen LogP contribution in [0.15, 0.2) is 79.1 Å². The van der Waals surface area contributed by atoms with E-state index in [-0.39, 0.29) is 12.5 Å². The second-order valence-corrected chi connectivity index (χ2v) is 5.63. The Morgan fingerprint density at radius 2 is 1.54 bits per heavy atom. The van der Waals surface area contributed by atoms with Crippen LogP contribution >= 0.6 is 0 Å². The molecule has 4 nitrogen and oxygen atoms in total. The van der Waals surface area contributed by atoms with Crippen LogP contribution in [0.5, 0.6) is 0 Å². The fourth-order valence-electron chi connectivity index (χ4n) is 2.39. The highest BCUT2D eigenvalue weighted by Crippen LogP contribution is 2.25. The highest BCUT2D eigenvalue weighted by Gasteiger charge is 2.11. The lowest BCUT2D eigenvalue weighted by atomic mass is 10.2. The first kappa shape index (κ1) is 15.7. The largest absolute Gasteiger partial charge is 0.354 e. The quantitative estimate of drug-likeness (QED) is 0.705. The van der Waals surface area contributed by atoms with Crippen LogP contribution in [0.25, 0.3) is 0 Å². The van der Waals surface area contributed by atoms with Crippen LogP contribution in [-0.4, -0.2) is 5.91 Å². The van der Waals surface area contributed by atoms with Crippen molar-refractivity contribution in [3.05, 3.63) is 84.7 Å². The van der Waals surface area contributed by atoms with E-state index >= 15 is 0 Å². The molecular weight excluding hydrogens is 298 g/mol. The molecule has 3 rings (SSSR count). The molecule has 1 heterocycles. The van der Waals surface area contributed by atoms with Crippen molar-refractivity contribution in [2.24, 2.45) is 0 Å². The van der Waals surface area contributed by atoms with Crippen LogP contribution in [0.3, 0.4) is 0 Å². The minimum atomic E-state index is -0.0654. The number of hydrogen-bond donors (Lipinski definition) is 2. The number of aryl methyl sites for hydroxylation is 1. The zero-order valence-corrected chi connectivity index (χ0v) is 13.6. The summed E-state index contributed by atoms with van der Waals surface area (Å²) in [5, 5.41) is 6.32. The minimum absolute atomic E-state index is 0.0654. The molecule has 1 aromatic heterocycles. The lowest BCUT2D eigenvalue weighted by molar-refractivity contribution is -0.684. The average molecular weight is 318 g/mol. The van der Waals surface area contributed by atoms with Gasteiger partial charge in [0.05, 0.1) is 11.4 Å². The van der Waals surface area contributed by atoms with Gasteiger partial charge in [0.15, 0.2) is 12.4 Å². The van der Waals surface area contributed by atoms with Crippen molar-refractivity contribution in [3.63, 3.8) is 0 Å². The Labute approximate surface area is 141 Å². The number of carbonyl (C=O) groups is 1. The summed E-state index contributed by atoms with van der Waals surface area (Å²) in [6, 6.07) is 21.6. The number of nitrogens with one attached hydrogen (secondary N) is 2. The van der Waals surface area contributed by atoms with Gasteiger partial charge in [-0.1, -0.05) is 35.9 Å². The number of aromatic nitrogens is 1. The summed E-state index contributed by atoms with van der Waals surface area (Å²) in [4.78, 5) is 12.3. The van der Waals surface area contributed by atoms with Crippen molar-refractivity contribution in [2.75, 3.05) is 10.6 Å². The van der Waals surface area contributed by atoms with Crippen LogP contribution in [0.4, 0.5) is 17.1 Å². The second-order valence-electron chi connectivity index (χ2n) is 5.63. The standard InChI is InChI=1S/C20H19N3O/c1-16-9-11-17(12-10-16)21-18-7-3-4-8-19(18)22-20(24)15-23-13-5-2-6-14-23/h2-14,21H,15H2,1H3/p+1. The van der Waals surface area contributed by atoms with Crippen LogP contribution < -0.4 is 15.2 Å². The SMILES string of the molecule is Cc1ccc(Nc2ccccc2NC(=O)C[n+]2ccccc2)cc1. The van der Waals surface area contributed by atoms with Gasteiger partial charge in [0.1, 0.15) is 0 Å². The first-order chi connectivity index (χ1) is 11.7. The number of anilines is 3. The van der Waals surface area contributed by atoms with Gasteiger partial charge in [0, 0.05) is 17.8 Å². The van der Waals surface area contributed by atoms with Crippen molar-refractivity contribution in [1.29, 1.82) is 0 Å². The maximum absolute atomic E-state index is 12.3. The van der Waals surface area contributed by atoms with Gasteiger partial charge in [-0.15, -0.1) is 0 Å². The average Bonchev–Trinajstić information content (AvgIpc) is 2.59. The molecule has 24 heavy (non-hydrogen) atoms. The van der Waals surface area contributed by atoms with E-state index in [1.165, 1.54) is 5.56 Å². The highest BCUT2D eigenvalue weighted by molar-refractivity contribution is 5.94. The predicted octanol–water partition coefficient (Wildman–Crippen LogP) is 3.66. The third-order valence-electron chi connectivity index (χ3n) is 3.64. The Morgan fingerprint density at radius 1 is 0.875 bits per heavy atom. The Bertz CT molecular complexity index is 814. The monoisotopic (exact) mass is 318 g/mol. The van der Waals surface area contributed by atoms with Gasteiger partial charge in [-0.2, -0.15) is 4.57 Å². The molecule has 0 saturated carbocycles. The predicted molar refractivity (Wildman–Crippen MR) is 96.2 cm³/mol. The molecule has 0 aliphatic heterocycles. The van der Waals surface area contributed by atoms with E-state index in [1.807, 2.05) is 71.6 Å². The number of hydrogen-bond acceptors (Lipinski definition) is 2. The van der Waals surface area contributed by atoms with E-state index in [0.717, 1.165) is 17.1 Å². The Hall–Kier alpha value is -3.14. The number of pyridine rings is 1. The van der Waals surface area contributed by atoms with E-state index in [0.29, 0.717) is 0 Å². The smallest absolute Gasteiger partial charge is 0.290 e. The number of para-hydroxylation sites is 2. The zero-order valence-electron chi connectivity index (χ0n) is 13.6. The lowest BCUT2D eigenvalue weighted by Crippen LogP contribution is -2.39. The first-order valence-electron chi connectivity index (χ1n) is 7.87. The molecule has 3 aromatic rings. The van der Waals surface area contributed by atoms with Crippen molar-refractivity contribution >= 4 is 23.0 Å². The molecule has 0 bridgehead atoms. The Kier molecular flexibility index (Phi) is 4.87. The normalized spacial score (nSPS) is 10.2. The van der Waals surface area contributed by atoms with Crippen molar-refractivity contribution in [1.82, 2.24) is 0 Å². The third kappa shape index (κ3) is 4.20. The third-order valence-corrected chi connectivity index (χ3v) is 3.64. The Morgan fingerprint density at radius 3 is 2.25 bits per heavy atom. The summed E-state index contributed by atoms with van der Waals surface area (Å²) in [6.45, 7) is 2.33. The molecule has 1 amide bonds. The molecule has 0 fully saturated rings. The van der Waals surface area contributed by atoms with Crippen molar-refractivity contribution in [2.45, 2.75) is 13.5 Å². The minimum Gasteiger partial charge on any atom is -0.354 e. The Balaban J connectivity index is 1.71. The fraction of sp³-hybridized carbons (Fsp3) is 0.100. The summed E-state index contributed by atoms with van der Waals surface area (Å²) < 4.78 is 1.84. The zero-order chi connectivity index (χ0) is 16.8. The van der Waals surface area contributed by atoms with Crippen molar-refractivity contribution in [3.8, 4) is 0 Å². The molecule has 2 aromatic carbocycles. The van der Waals surface area contributed by atoms with E-state index in [2.05, 4.69) is 29.7 Å². The molecule has 0 saturated heterocycles. The van der Waals surface area contributed by atoms with Gasteiger partial charge in [-0.05, 0) is 31.2 Å². The maximum atomic E-state index is 12.3. The number of benzene rings is 2. The maximum Gasteiger partial charge on any atom is 0.290 e. The van der Waals surface area contributed by atoms with Gasteiger partial charge in [-0.25, -0.2) is 0 Å². The fourth-order valence-corrected chi connectivity index (χ4v) is 2.39. The van der Waals surface area contributed by atoms with Gasteiger partial charge >= 0.3 is 0 Å². The molecule has 0 aliphatic rings. The van der Waals surface area contributed by atoms with Gasteiger partial charge in [0.2, 0.25) is 6.54 Å². The number of carbonyl (C=O) groups excluding carboxylic acids is 1. The number of nitrogens with zero attached hydrogens (tertiary/aromatic N) is 1. The second kappa shape index (κ2) is 7.42. The van der Waals surface area contributed by atoms with Gasteiger partial charge < -0.3 is 10.6 Å². The lowest BCUT2D eigenvalue weighted by Gasteiger charge is -2.12. The number of amides is 1. The molecular formula is C20H20N3O+. The van der Waals surface area contributed by atoms with E-state index < -0.39 is 0 Å². The van der Waals surface area contributed by atoms with Crippen molar-refractivity contribution < 1.29 is 9.36 Å². The molecule has 0 radical (unpaired) electrons. The summed E-state index contributed by atoms with van der Waals surface area (Å²) in [5.41, 5.74) is 3.83. The summed E-state index contributed by atoms with van der Waals surface area (Å²) >= 11 is 0. The molecule has 4 heteroatoms. The first-order valence-corrected chi connectivity index (χ1v) is 7.87. The number of rotatable bonds is 5. The summed E-state index contributed by atoms with van der Waals surface area (Å²) in [5.74, 6) is -0.0654. The van der Waals surface area contributed by atoms with E-state index in [4.69, 9.17) is 0 Å². The molecule has 120 valence electrons. The summed E-state index contributed by atoms with van der Waals surface area (Å²) in [6.07, 6.45) is 3.74. The van der Waals surface area contributed by atoms with Crippen LogP contribution in [0.1, 0.15) is 5.56 Å². The highest BCUT2D eigenvalue weighted by atomic mass is 16.1. The van der Waals surface area contributed by atoms with Gasteiger partial charge in [0.25, 0.3) is 5.91 Å². The molecule has 0 aliphatic carbocycles. The molecule has 0 unspecified atom stereocenters. The topological polar surface area (TPSA) is 45.0 Å². The molecule has 0 spiro atoms. The van der Waals surface area contributed by atoms with E-state index in [9.17, 15) is 4.79 Å². The van der Waals surface area contributed by atoms with E-state index in [1.54, 1.807) is 0 Å². The summed E-state index contributed by atoms with van der Waals surface area (Å²) in [7, 11) is 0. The molecule has 0 atom stereocenters. The molecule has 2 N–H and O–H groups in total.